The molecule has 1 saturated heterocycles. The number of ether oxygens (including phenoxy) is 1. The lowest BCUT2D eigenvalue weighted by molar-refractivity contribution is -0.0307. The van der Waals surface area contributed by atoms with Crippen LogP contribution < -0.4 is 5.32 Å². The maximum absolute atomic E-state index is 5.68. The summed E-state index contributed by atoms with van der Waals surface area (Å²) in [6.45, 7) is 11.0. The Hall–Kier alpha value is -0.980. The van der Waals surface area contributed by atoms with Crippen molar-refractivity contribution in [3.8, 4) is 0 Å². The molecule has 1 aromatic heterocycles. The molecule has 0 bridgehead atoms. The average Bonchev–Trinajstić information content (AvgIpc) is 2.94. The summed E-state index contributed by atoms with van der Waals surface area (Å²) in [5.41, 5.74) is 1.02. The number of morpholine rings is 1. The molecule has 1 N–H and O–H groups in total. The Kier molecular flexibility index (Phi) is 6.42. The van der Waals surface area contributed by atoms with Gasteiger partial charge in [0.15, 0.2) is 0 Å². The average molecular weight is 281 g/mol. The van der Waals surface area contributed by atoms with E-state index in [1.54, 1.807) is 0 Å². The Morgan fingerprint density at radius 1 is 1.40 bits per heavy atom. The molecule has 2 heterocycles. The van der Waals surface area contributed by atoms with E-state index in [0.717, 1.165) is 64.4 Å². The van der Waals surface area contributed by atoms with Crippen LogP contribution in [0.2, 0.25) is 0 Å². The second-order valence-electron chi connectivity index (χ2n) is 5.35. The monoisotopic (exact) mass is 281 g/mol. The molecule has 1 fully saturated rings. The molecule has 0 aromatic carbocycles. The lowest BCUT2D eigenvalue weighted by Crippen LogP contribution is -2.43. The van der Waals surface area contributed by atoms with Crippen LogP contribution in [0.3, 0.4) is 0 Å². The van der Waals surface area contributed by atoms with Gasteiger partial charge in [-0.05, 0) is 19.4 Å². The molecule has 0 spiro atoms. The lowest BCUT2D eigenvalue weighted by atomic mass is 10.2. The zero-order chi connectivity index (χ0) is 14.2. The van der Waals surface area contributed by atoms with Crippen LogP contribution >= 0.6 is 0 Å². The van der Waals surface area contributed by atoms with Crippen LogP contribution in [-0.2, 0) is 17.8 Å². The van der Waals surface area contributed by atoms with Crippen molar-refractivity contribution in [2.75, 3.05) is 32.8 Å². The number of aromatic nitrogens is 3. The lowest BCUT2D eigenvalue weighted by Gasteiger charge is -2.32. The molecule has 1 aromatic rings. The SMILES string of the molecule is CCCNCc1cn(CCN2CCOC(CC)C2)nn1. The van der Waals surface area contributed by atoms with Gasteiger partial charge in [0.05, 0.1) is 24.9 Å². The molecule has 6 heteroatoms. The molecular formula is C14H27N5O. The summed E-state index contributed by atoms with van der Waals surface area (Å²) in [6.07, 6.45) is 4.67. The summed E-state index contributed by atoms with van der Waals surface area (Å²) in [6, 6.07) is 0. The van der Waals surface area contributed by atoms with E-state index in [4.69, 9.17) is 4.74 Å². The first-order valence-electron chi connectivity index (χ1n) is 7.75. The molecule has 1 unspecified atom stereocenters. The number of nitrogens with zero attached hydrogens (tertiary/aromatic N) is 4. The van der Waals surface area contributed by atoms with Gasteiger partial charge in [0.2, 0.25) is 0 Å². The van der Waals surface area contributed by atoms with Crippen molar-refractivity contribution in [3.05, 3.63) is 11.9 Å². The van der Waals surface area contributed by atoms with Crippen LogP contribution in [0.1, 0.15) is 32.4 Å². The molecule has 1 aliphatic rings. The molecule has 1 aliphatic heterocycles. The highest BCUT2D eigenvalue weighted by Gasteiger charge is 2.18. The quantitative estimate of drug-likeness (QED) is 0.717. The molecule has 0 amide bonds. The van der Waals surface area contributed by atoms with Gasteiger partial charge in [0.1, 0.15) is 0 Å². The summed E-state index contributed by atoms with van der Waals surface area (Å²) in [7, 11) is 0. The van der Waals surface area contributed by atoms with Gasteiger partial charge < -0.3 is 10.1 Å². The summed E-state index contributed by atoms with van der Waals surface area (Å²) in [5, 5.41) is 11.7. The highest BCUT2D eigenvalue weighted by Crippen LogP contribution is 2.08. The Labute approximate surface area is 121 Å². The van der Waals surface area contributed by atoms with Gasteiger partial charge in [0.25, 0.3) is 0 Å². The second kappa shape index (κ2) is 8.34. The highest BCUT2D eigenvalue weighted by molar-refractivity contribution is 4.91. The van der Waals surface area contributed by atoms with Crippen LogP contribution in [-0.4, -0.2) is 58.8 Å². The predicted octanol–water partition coefficient (Wildman–Crippen LogP) is 0.889. The summed E-state index contributed by atoms with van der Waals surface area (Å²) < 4.78 is 7.63. The first-order valence-corrected chi connectivity index (χ1v) is 7.75. The fourth-order valence-corrected chi connectivity index (χ4v) is 2.40. The molecule has 2 rings (SSSR count). The largest absolute Gasteiger partial charge is 0.376 e. The zero-order valence-electron chi connectivity index (χ0n) is 12.7. The van der Waals surface area contributed by atoms with Crippen molar-refractivity contribution in [1.29, 1.82) is 0 Å². The van der Waals surface area contributed by atoms with E-state index in [1.807, 2.05) is 10.9 Å². The predicted molar refractivity (Wildman–Crippen MR) is 78.5 cm³/mol. The third kappa shape index (κ3) is 4.85. The van der Waals surface area contributed by atoms with Crippen molar-refractivity contribution < 1.29 is 4.74 Å². The van der Waals surface area contributed by atoms with Crippen molar-refractivity contribution in [1.82, 2.24) is 25.2 Å². The van der Waals surface area contributed by atoms with Crippen molar-refractivity contribution >= 4 is 0 Å². The summed E-state index contributed by atoms with van der Waals surface area (Å²) >= 11 is 0. The minimum absolute atomic E-state index is 0.397. The Morgan fingerprint density at radius 2 is 2.30 bits per heavy atom. The molecule has 1 atom stereocenters. The van der Waals surface area contributed by atoms with Gasteiger partial charge in [-0.15, -0.1) is 5.10 Å². The second-order valence-corrected chi connectivity index (χ2v) is 5.35. The summed E-state index contributed by atoms with van der Waals surface area (Å²) in [5.74, 6) is 0. The Morgan fingerprint density at radius 3 is 3.10 bits per heavy atom. The molecule has 6 nitrogen and oxygen atoms in total. The topological polar surface area (TPSA) is 55.2 Å². The first-order chi connectivity index (χ1) is 9.81. The van der Waals surface area contributed by atoms with Gasteiger partial charge in [-0.1, -0.05) is 19.1 Å². The normalized spacial score (nSPS) is 20.4. The Balaban J connectivity index is 1.70. The van der Waals surface area contributed by atoms with E-state index in [-0.39, 0.29) is 0 Å². The van der Waals surface area contributed by atoms with Crippen molar-refractivity contribution in [2.24, 2.45) is 0 Å². The maximum atomic E-state index is 5.68. The van der Waals surface area contributed by atoms with Crippen LogP contribution in [0.5, 0.6) is 0 Å². The van der Waals surface area contributed by atoms with Gasteiger partial charge in [0, 0.05) is 32.4 Å². The smallest absolute Gasteiger partial charge is 0.0964 e. The molecular weight excluding hydrogens is 254 g/mol. The maximum Gasteiger partial charge on any atom is 0.0964 e. The van der Waals surface area contributed by atoms with E-state index in [9.17, 15) is 0 Å². The van der Waals surface area contributed by atoms with Gasteiger partial charge >= 0.3 is 0 Å². The summed E-state index contributed by atoms with van der Waals surface area (Å²) in [4.78, 5) is 2.45. The van der Waals surface area contributed by atoms with Crippen LogP contribution in [0.15, 0.2) is 6.20 Å². The molecule has 0 aliphatic carbocycles. The first kappa shape index (κ1) is 15.4. The van der Waals surface area contributed by atoms with Crippen LogP contribution in [0.25, 0.3) is 0 Å². The Bertz CT molecular complexity index is 381. The number of hydrogen-bond acceptors (Lipinski definition) is 5. The highest BCUT2D eigenvalue weighted by atomic mass is 16.5. The van der Waals surface area contributed by atoms with Gasteiger partial charge in [-0.3, -0.25) is 9.58 Å². The molecule has 0 radical (unpaired) electrons. The van der Waals surface area contributed by atoms with Crippen LogP contribution in [0, 0.1) is 0 Å². The fourth-order valence-electron chi connectivity index (χ4n) is 2.40. The number of nitrogens with one attached hydrogen (secondary N) is 1. The molecule has 114 valence electrons. The van der Waals surface area contributed by atoms with Gasteiger partial charge in [-0.2, -0.15) is 0 Å². The number of rotatable bonds is 8. The van der Waals surface area contributed by atoms with E-state index in [2.05, 4.69) is 34.4 Å². The number of hydrogen-bond donors (Lipinski definition) is 1. The fraction of sp³-hybridized carbons (Fsp3) is 0.857. The van der Waals surface area contributed by atoms with E-state index < -0.39 is 0 Å². The van der Waals surface area contributed by atoms with E-state index in [0.29, 0.717) is 6.10 Å². The zero-order valence-corrected chi connectivity index (χ0v) is 12.7. The third-order valence-corrected chi connectivity index (χ3v) is 3.64. The molecule has 0 saturated carbocycles. The van der Waals surface area contributed by atoms with E-state index in [1.165, 1.54) is 0 Å². The van der Waals surface area contributed by atoms with Crippen LogP contribution in [0.4, 0.5) is 0 Å². The molecule has 20 heavy (non-hydrogen) atoms. The minimum atomic E-state index is 0.397. The van der Waals surface area contributed by atoms with Crippen molar-refractivity contribution in [3.63, 3.8) is 0 Å². The third-order valence-electron chi connectivity index (χ3n) is 3.64. The van der Waals surface area contributed by atoms with E-state index >= 15 is 0 Å². The standard InChI is InChI=1S/C14H27N5O/c1-3-5-15-10-13-11-19(17-16-13)7-6-18-8-9-20-14(4-2)12-18/h11,14-15H,3-10,12H2,1-2H3. The minimum Gasteiger partial charge on any atom is -0.376 e. The van der Waals surface area contributed by atoms with Crippen molar-refractivity contribution in [2.45, 2.75) is 45.9 Å². The van der Waals surface area contributed by atoms with Gasteiger partial charge in [-0.25, -0.2) is 0 Å².